The first-order valence-electron chi connectivity index (χ1n) is 9.36. The molecular weight excluding hydrogens is 379 g/mol. The Morgan fingerprint density at radius 3 is 2.59 bits per heavy atom. The number of aryl methyl sites for hydroxylation is 1. The number of methoxy groups -OCH3 is 1. The van der Waals surface area contributed by atoms with E-state index < -0.39 is 35.3 Å². The van der Waals surface area contributed by atoms with E-state index >= 15 is 0 Å². The number of carboxylic acid groups (broad SMARTS) is 1. The topological polar surface area (TPSA) is 112 Å². The van der Waals surface area contributed by atoms with Crippen molar-refractivity contribution in [2.45, 2.75) is 51.7 Å². The van der Waals surface area contributed by atoms with Crippen molar-refractivity contribution in [1.82, 2.24) is 4.98 Å². The molecule has 2 atom stereocenters. The number of hydrogen-bond donors (Lipinski definition) is 2. The number of carbonyl (C=O) groups is 2. The van der Waals surface area contributed by atoms with Crippen LogP contribution >= 0.6 is 0 Å². The van der Waals surface area contributed by atoms with Gasteiger partial charge in [0.25, 0.3) is 0 Å². The number of rotatable bonds is 8. The molecule has 3 N–H and O–H groups in total. The Labute approximate surface area is 169 Å². The van der Waals surface area contributed by atoms with Crippen molar-refractivity contribution in [3.05, 3.63) is 35.8 Å². The van der Waals surface area contributed by atoms with E-state index in [9.17, 15) is 19.1 Å². The maximum Gasteiger partial charge on any atom is 0.324 e. The quantitative estimate of drug-likeness (QED) is 0.648. The van der Waals surface area contributed by atoms with Crippen molar-refractivity contribution in [2.24, 2.45) is 11.7 Å². The molecule has 0 amide bonds. The SMILES string of the molecule is COc1ccc2ncc(F)c(CCC[C@H](C(=O)O)C(N)C(=O)OC(C)(C)C)c2c1. The number of carbonyl (C=O) groups excluding carboxylic acids is 1. The number of benzene rings is 1. The van der Waals surface area contributed by atoms with Gasteiger partial charge in [-0.05, 0) is 63.8 Å². The van der Waals surface area contributed by atoms with E-state index in [0.717, 1.165) is 6.20 Å². The summed E-state index contributed by atoms with van der Waals surface area (Å²) in [4.78, 5) is 27.8. The molecule has 0 fully saturated rings. The minimum atomic E-state index is -1.30. The fraction of sp³-hybridized carbons (Fsp3) is 0.476. The summed E-state index contributed by atoms with van der Waals surface area (Å²) >= 11 is 0. The molecular formula is C21H27FN2O5. The van der Waals surface area contributed by atoms with Gasteiger partial charge in [-0.25, -0.2) is 4.39 Å². The second-order valence-electron chi connectivity index (χ2n) is 7.86. The largest absolute Gasteiger partial charge is 0.497 e. The molecule has 0 bridgehead atoms. The van der Waals surface area contributed by atoms with Gasteiger partial charge in [0.05, 0.1) is 24.7 Å². The first kappa shape index (κ1) is 22.5. The van der Waals surface area contributed by atoms with Crippen LogP contribution < -0.4 is 10.5 Å². The zero-order valence-corrected chi connectivity index (χ0v) is 17.1. The van der Waals surface area contributed by atoms with E-state index in [1.807, 2.05) is 0 Å². The number of ether oxygens (including phenoxy) is 2. The van der Waals surface area contributed by atoms with Crippen LogP contribution in [0.1, 0.15) is 39.2 Å². The van der Waals surface area contributed by atoms with E-state index in [4.69, 9.17) is 15.2 Å². The van der Waals surface area contributed by atoms with Crippen molar-refractivity contribution < 1.29 is 28.6 Å². The highest BCUT2D eigenvalue weighted by molar-refractivity contribution is 5.84. The number of aliphatic carboxylic acids is 1. The van der Waals surface area contributed by atoms with Crippen LogP contribution in [0.25, 0.3) is 10.9 Å². The van der Waals surface area contributed by atoms with Gasteiger partial charge in [0, 0.05) is 5.39 Å². The standard InChI is InChI=1S/C21H27FN2O5/c1-21(2,3)29-20(27)18(23)14(19(25)26)7-5-6-13-15-10-12(28-4)8-9-17(15)24-11-16(13)22/h8-11,14,18H,5-7,23H2,1-4H3,(H,25,26)/t14-,18?/m0/s1. The van der Waals surface area contributed by atoms with E-state index in [2.05, 4.69) is 4.98 Å². The Morgan fingerprint density at radius 2 is 2.00 bits per heavy atom. The average molecular weight is 406 g/mol. The molecule has 2 rings (SSSR count). The first-order chi connectivity index (χ1) is 13.5. The molecule has 0 radical (unpaired) electrons. The number of hydrogen-bond acceptors (Lipinski definition) is 6. The van der Waals surface area contributed by atoms with Crippen molar-refractivity contribution in [1.29, 1.82) is 0 Å². The number of fused-ring (bicyclic) bond motifs is 1. The highest BCUT2D eigenvalue weighted by Gasteiger charge is 2.33. The fourth-order valence-electron chi connectivity index (χ4n) is 3.07. The van der Waals surface area contributed by atoms with Gasteiger partial charge < -0.3 is 20.3 Å². The predicted octanol–water partition coefficient (Wildman–Crippen LogP) is 3.08. The van der Waals surface area contributed by atoms with Crippen LogP contribution in [0.15, 0.2) is 24.4 Å². The van der Waals surface area contributed by atoms with Crippen molar-refractivity contribution in [3.63, 3.8) is 0 Å². The lowest BCUT2D eigenvalue weighted by Gasteiger charge is -2.25. The number of aromatic nitrogens is 1. The fourth-order valence-corrected chi connectivity index (χ4v) is 3.07. The van der Waals surface area contributed by atoms with Gasteiger partial charge in [0.1, 0.15) is 23.2 Å². The Bertz CT molecular complexity index is 895. The first-order valence-corrected chi connectivity index (χ1v) is 9.36. The summed E-state index contributed by atoms with van der Waals surface area (Å²) in [7, 11) is 1.52. The third-order valence-corrected chi connectivity index (χ3v) is 4.51. The predicted molar refractivity (Wildman–Crippen MR) is 106 cm³/mol. The molecule has 0 spiro atoms. The van der Waals surface area contributed by atoms with Crippen LogP contribution in [0.3, 0.4) is 0 Å². The minimum absolute atomic E-state index is 0.100. The summed E-state index contributed by atoms with van der Waals surface area (Å²) < 4.78 is 24.8. The van der Waals surface area contributed by atoms with E-state index in [-0.39, 0.29) is 12.8 Å². The zero-order chi connectivity index (χ0) is 21.8. The molecule has 0 saturated heterocycles. The molecule has 1 heterocycles. The van der Waals surface area contributed by atoms with Gasteiger partial charge in [-0.15, -0.1) is 0 Å². The van der Waals surface area contributed by atoms with E-state index in [1.165, 1.54) is 7.11 Å². The molecule has 29 heavy (non-hydrogen) atoms. The lowest BCUT2D eigenvalue weighted by molar-refractivity contribution is -0.162. The van der Waals surface area contributed by atoms with Crippen molar-refractivity contribution in [2.75, 3.05) is 7.11 Å². The maximum atomic E-state index is 14.4. The maximum absolute atomic E-state index is 14.4. The van der Waals surface area contributed by atoms with Gasteiger partial charge in [0.15, 0.2) is 0 Å². The number of esters is 1. The van der Waals surface area contributed by atoms with Crippen LogP contribution in [0.2, 0.25) is 0 Å². The van der Waals surface area contributed by atoms with Crippen LogP contribution in [0.4, 0.5) is 4.39 Å². The lowest BCUT2D eigenvalue weighted by atomic mass is 9.92. The van der Waals surface area contributed by atoms with Gasteiger partial charge >= 0.3 is 11.9 Å². The van der Waals surface area contributed by atoms with E-state index in [1.54, 1.807) is 39.0 Å². The molecule has 0 aliphatic carbocycles. The molecule has 8 heteroatoms. The summed E-state index contributed by atoms with van der Waals surface area (Å²) in [6.07, 6.45) is 1.83. The van der Waals surface area contributed by atoms with Crippen LogP contribution in [0.5, 0.6) is 5.75 Å². The average Bonchev–Trinajstić information content (AvgIpc) is 2.64. The Kier molecular flexibility index (Phi) is 7.13. The number of pyridine rings is 1. The summed E-state index contributed by atoms with van der Waals surface area (Å²) in [6, 6.07) is 3.86. The number of nitrogens with two attached hydrogens (primary N) is 1. The summed E-state index contributed by atoms with van der Waals surface area (Å²) in [5.74, 6) is -2.99. The van der Waals surface area contributed by atoms with E-state index in [0.29, 0.717) is 28.6 Å². The second kappa shape index (κ2) is 9.17. The van der Waals surface area contributed by atoms with Crippen LogP contribution in [-0.4, -0.2) is 40.8 Å². The Morgan fingerprint density at radius 1 is 1.31 bits per heavy atom. The Hall–Kier alpha value is -2.74. The number of halogens is 1. The minimum Gasteiger partial charge on any atom is -0.497 e. The third-order valence-electron chi connectivity index (χ3n) is 4.51. The van der Waals surface area contributed by atoms with Crippen LogP contribution in [-0.2, 0) is 20.7 Å². The molecule has 0 aliphatic rings. The highest BCUT2D eigenvalue weighted by Crippen LogP contribution is 2.26. The van der Waals surface area contributed by atoms with Gasteiger partial charge in [-0.1, -0.05) is 0 Å². The van der Waals surface area contributed by atoms with Crippen molar-refractivity contribution in [3.8, 4) is 5.75 Å². The molecule has 1 unspecified atom stereocenters. The van der Waals surface area contributed by atoms with Crippen molar-refractivity contribution >= 4 is 22.8 Å². The molecule has 0 aliphatic heterocycles. The molecule has 1 aromatic carbocycles. The Balaban J connectivity index is 2.15. The summed E-state index contributed by atoms with van der Waals surface area (Å²) in [5, 5.41) is 10.1. The third kappa shape index (κ3) is 5.87. The molecule has 158 valence electrons. The van der Waals surface area contributed by atoms with Gasteiger partial charge in [0.2, 0.25) is 0 Å². The zero-order valence-electron chi connectivity index (χ0n) is 17.1. The lowest BCUT2D eigenvalue weighted by Crippen LogP contribution is -2.45. The van der Waals surface area contributed by atoms with Gasteiger partial charge in [-0.2, -0.15) is 0 Å². The van der Waals surface area contributed by atoms with Crippen LogP contribution in [0, 0.1) is 11.7 Å². The monoisotopic (exact) mass is 406 g/mol. The number of carboxylic acids is 1. The second-order valence-corrected chi connectivity index (χ2v) is 7.86. The molecule has 7 nitrogen and oxygen atoms in total. The molecule has 0 saturated carbocycles. The van der Waals surface area contributed by atoms with Gasteiger partial charge in [-0.3, -0.25) is 14.6 Å². The highest BCUT2D eigenvalue weighted by atomic mass is 19.1. The summed E-state index contributed by atoms with van der Waals surface area (Å²) in [5.41, 5.74) is 6.12. The number of nitrogens with zero attached hydrogens (tertiary/aromatic N) is 1. The normalized spacial score (nSPS) is 13.7. The summed E-state index contributed by atoms with van der Waals surface area (Å²) in [6.45, 7) is 5.04. The molecule has 2 aromatic rings. The smallest absolute Gasteiger partial charge is 0.324 e. The molecule has 1 aromatic heterocycles.